The molecule has 1 aliphatic carbocycles. The van der Waals surface area contributed by atoms with Crippen LogP contribution in [0.3, 0.4) is 0 Å². The summed E-state index contributed by atoms with van der Waals surface area (Å²) >= 11 is 0. The zero-order chi connectivity index (χ0) is 13.2. The Morgan fingerprint density at radius 2 is 2.11 bits per heavy atom. The molecule has 0 amide bonds. The summed E-state index contributed by atoms with van der Waals surface area (Å²) in [6.45, 7) is 7.50. The minimum Gasteiger partial charge on any atom is -0.338 e. The zero-order valence-electron chi connectivity index (χ0n) is 12.0. The number of hydrogen-bond acceptors (Lipinski definition) is 4. The molecule has 2 aliphatic rings. The standard InChI is InChI=1S/C15H24N4/c1-11(2)6-16-7-13-8-17-15(18-9-13)19-10-12-3-4-14(19)5-12/h8-9,11-12,14,16H,3-7,10H2,1-2H3. The predicted octanol–water partition coefficient (Wildman–Crippen LogP) is 2.21. The van der Waals surface area contributed by atoms with Gasteiger partial charge in [0.15, 0.2) is 0 Å². The van der Waals surface area contributed by atoms with Crippen LogP contribution in [-0.4, -0.2) is 29.1 Å². The highest BCUT2D eigenvalue weighted by atomic mass is 15.3. The van der Waals surface area contributed by atoms with E-state index in [4.69, 9.17) is 0 Å². The minimum absolute atomic E-state index is 0.681. The van der Waals surface area contributed by atoms with Gasteiger partial charge in [-0.2, -0.15) is 0 Å². The smallest absolute Gasteiger partial charge is 0.225 e. The molecule has 4 nitrogen and oxygen atoms in total. The summed E-state index contributed by atoms with van der Waals surface area (Å²) in [5.74, 6) is 2.50. The quantitative estimate of drug-likeness (QED) is 0.881. The lowest BCUT2D eigenvalue weighted by atomic mass is 10.1. The first-order valence-electron chi connectivity index (χ1n) is 7.50. The van der Waals surface area contributed by atoms with Crippen LogP contribution in [0, 0.1) is 11.8 Å². The molecular formula is C15H24N4. The lowest BCUT2D eigenvalue weighted by molar-refractivity contribution is 0.543. The maximum absolute atomic E-state index is 4.55. The Bertz CT molecular complexity index is 415. The Morgan fingerprint density at radius 3 is 2.68 bits per heavy atom. The van der Waals surface area contributed by atoms with E-state index in [1.54, 1.807) is 0 Å². The number of nitrogens with one attached hydrogen (secondary N) is 1. The van der Waals surface area contributed by atoms with Gasteiger partial charge in [0.1, 0.15) is 0 Å². The van der Waals surface area contributed by atoms with Gasteiger partial charge in [-0.3, -0.25) is 0 Å². The second kappa shape index (κ2) is 5.45. The van der Waals surface area contributed by atoms with Gasteiger partial charge in [0.2, 0.25) is 5.95 Å². The third-order valence-corrected chi connectivity index (χ3v) is 4.24. The fourth-order valence-corrected chi connectivity index (χ4v) is 3.26. The van der Waals surface area contributed by atoms with E-state index < -0.39 is 0 Å². The van der Waals surface area contributed by atoms with Crippen molar-refractivity contribution in [3.63, 3.8) is 0 Å². The highest BCUT2D eigenvalue weighted by Gasteiger charge is 2.38. The summed E-state index contributed by atoms with van der Waals surface area (Å²) in [6.07, 6.45) is 8.02. The Labute approximate surface area is 115 Å². The van der Waals surface area contributed by atoms with E-state index in [1.165, 1.54) is 24.8 Å². The van der Waals surface area contributed by atoms with Gasteiger partial charge in [0.25, 0.3) is 0 Å². The average molecular weight is 260 g/mol. The van der Waals surface area contributed by atoms with Crippen LogP contribution in [0.2, 0.25) is 0 Å². The van der Waals surface area contributed by atoms with Crippen molar-refractivity contribution in [3.8, 4) is 0 Å². The molecule has 1 N–H and O–H groups in total. The molecule has 2 unspecified atom stereocenters. The van der Waals surface area contributed by atoms with Crippen molar-refractivity contribution in [1.82, 2.24) is 15.3 Å². The maximum atomic E-state index is 4.55. The highest BCUT2D eigenvalue weighted by molar-refractivity contribution is 5.35. The van der Waals surface area contributed by atoms with Gasteiger partial charge in [-0.1, -0.05) is 13.8 Å². The highest BCUT2D eigenvalue weighted by Crippen LogP contribution is 2.38. The summed E-state index contributed by atoms with van der Waals surface area (Å²) < 4.78 is 0. The van der Waals surface area contributed by atoms with Crippen LogP contribution in [-0.2, 0) is 6.54 Å². The van der Waals surface area contributed by atoms with E-state index >= 15 is 0 Å². The fraction of sp³-hybridized carbons (Fsp3) is 0.733. The molecule has 2 heterocycles. The monoisotopic (exact) mass is 260 g/mol. The zero-order valence-corrected chi connectivity index (χ0v) is 12.0. The van der Waals surface area contributed by atoms with Crippen LogP contribution in [0.25, 0.3) is 0 Å². The average Bonchev–Trinajstić information content (AvgIpc) is 3.01. The molecule has 1 saturated heterocycles. The van der Waals surface area contributed by atoms with E-state index in [9.17, 15) is 0 Å². The van der Waals surface area contributed by atoms with Crippen LogP contribution in [0.5, 0.6) is 0 Å². The number of nitrogens with zero attached hydrogens (tertiary/aromatic N) is 3. The van der Waals surface area contributed by atoms with Crippen LogP contribution in [0.1, 0.15) is 38.7 Å². The number of hydrogen-bond donors (Lipinski definition) is 1. The third-order valence-electron chi connectivity index (χ3n) is 4.24. The first kappa shape index (κ1) is 12.9. The first-order valence-corrected chi connectivity index (χ1v) is 7.50. The fourth-order valence-electron chi connectivity index (χ4n) is 3.26. The lowest BCUT2D eigenvalue weighted by Gasteiger charge is -2.26. The molecule has 2 atom stereocenters. The second-order valence-electron chi connectivity index (χ2n) is 6.40. The molecule has 2 fully saturated rings. The molecule has 1 aromatic heterocycles. The second-order valence-corrected chi connectivity index (χ2v) is 6.40. The van der Waals surface area contributed by atoms with Crippen molar-refractivity contribution in [2.75, 3.05) is 18.0 Å². The van der Waals surface area contributed by atoms with E-state index in [0.29, 0.717) is 12.0 Å². The van der Waals surface area contributed by atoms with Gasteiger partial charge in [0.05, 0.1) is 0 Å². The van der Waals surface area contributed by atoms with Crippen LogP contribution >= 0.6 is 0 Å². The van der Waals surface area contributed by atoms with Gasteiger partial charge in [-0.05, 0) is 37.6 Å². The van der Waals surface area contributed by atoms with Crippen molar-refractivity contribution >= 4 is 5.95 Å². The molecule has 1 aromatic rings. The molecule has 1 aliphatic heterocycles. The third kappa shape index (κ3) is 2.89. The number of fused-ring (bicyclic) bond motifs is 2. The molecule has 104 valence electrons. The largest absolute Gasteiger partial charge is 0.338 e. The van der Waals surface area contributed by atoms with E-state index in [0.717, 1.165) is 31.5 Å². The van der Waals surface area contributed by atoms with Crippen LogP contribution < -0.4 is 10.2 Å². The molecule has 0 radical (unpaired) electrons. The number of piperidine rings is 1. The predicted molar refractivity (Wildman–Crippen MR) is 77.1 cm³/mol. The molecule has 1 saturated carbocycles. The van der Waals surface area contributed by atoms with E-state index in [-0.39, 0.29) is 0 Å². The van der Waals surface area contributed by atoms with E-state index in [1.807, 2.05) is 12.4 Å². The van der Waals surface area contributed by atoms with Crippen molar-refractivity contribution in [3.05, 3.63) is 18.0 Å². The summed E-state index contributed by atoms with van der Waals surface area (Å²) in [5, 5.41) is 3.42. The molecule has 19 heavy (non-hydrogen) atoms. The van der Waals surface area contributed by atoms with Crippen LogP contribution in [0.15, 0.2) is 12.4 Å². The normalized spacial score (nSPS) is 25.5. The number of rotatable bonds is 5. The summed E-state index contributed by atoms with van der Waals surface area (Å²) in [7, 11) is 0. The van der Waals surface area contributed by atoms with Crippen molar-refractivity contribution in [2.24, 2.45) is 11.8 Å². The maximum Gasteiger partial charge on any atom is 0.225 e. The SMILES string of the molecule is CC(C)CNCc1cnc(N2CC3CCC2C3)nc1. The summed E-state index contributed by atoms with van der Waals surface area (Å²) in [5.41, 5.74) is 1.17. The van der Waals surface area contributed by atoms with Gasteiger partial charge >= 0.3 is 0 Å². The first-order chi connectivity index (χ1) is 9.22. The summed E-state index contributed by atoms with van der Waals surface area (Å²) in [6, 6.07) is 0.704. The summed E-state index contributed by atoms with van der Waals surface area (Å²) in [4.78, 5) is 11.5. The van der Waals surface area contributed by atoms with Gasteiger partial charge in [-0.25, -0.2) is 9.97 Å². The van der Waals surface area contributed by atoms with Gasteiger partial charge in [0, 0.05) is 37.1 Å². The number of anilines is 1. The molecule has 0 spiro atoms. The van der Waals surface area contributed by atoms with E-state index in [2.05, 4.69) is 34.0 Å². The Balaban J connectivity index is 1.57. The van der Waals surface area contributed by atoms with Crippen LogP contribution in [0.4, 0.5) is 5.95 Å². The van der Waals surface area contributed by atoms with Crippen molar-refractivity contribution < 1.29 is 0 Å². The van der Waals surface area contributed by atoms with Crippen molar-refractivity contribution in [2.45, 2.75) is 45.7 Å². The Hall–Kier alpha value is -1.16. The molecule has 4 heteroatoms. The molecule has 0 aromatic carbocycles. The Kier molecular flexibility index (Phi) is 3.69. The van der Waals surface area contributed by atoms with Crippen molar-refractivity contribution in [1.29, 1.82) is 0 Å². The Morgan fingerprint density at radius 1 is 1.32 bits per heavy atom. The minimum atomic E-state index is 0.681. The number of aromatic nitrogens is 2. The molecule has 3 rings (SSSR count). The topological polar surface area (TPSA) is 41.1 Å². The molecular weight excluding hydrogens is 236 g/mol. The van der Waals surface area contributed by atoms with Gasteiger partial charge < -0.3 is 10.2 Å². The lowest BCUT2D eigenvalue weighted by Crippen LogP contribution is -2.33. The molecule has 2 bridgehead atoms. The van der Waals surface area contributed by atoms with Gasteiger partial charge in [-0.15, -0.1) is 0 Å².